The molecule has 0 unspecified atom stereocenters. The molecule has 6 heteroatoms. The van der Waals surface area contributed by atoms with Crippen LogP contribution in [-0.4, -0.2) is 34.4 Å². The predicted octanol–water partition coefficient (Wildman–Crippen LogP) is 1.76. The molecule has 1 aromatic carbocycles. The first-order valence-electron chi connectivity index (χ1n) is 6.33. The van der Waals surface area contributed by atoms with Crippen LogP contribution < -0.4 is 4.74 Å². The Kier molecular flexibility index (Phi) is 3.14. The molecule has 1 aromatic heterocycles. The highest BCUT2D eigenvalue weighted by molar-refractivity contribution is 5.94. The van der Waals surface area contributed by atoms with E-state index in [2.05, 4.69) is 9.97 Å². The molecule has 2 heterocycles. The van der Waals surface area contributed by atoms with Crippen molar-refractivity contribution in [3.05, 3.63) is 47.3 Å². The van der Waals surface area contributed by atoms with E-state index >= 15 is 0 Å². The Morgan fingerprint density at radius 1 is 1.50 bits per heavy atom. The molecule has 0 aliphatic carbocycles. The number of methoxy groups -OCH3 is 1. The number of benzene rings is 1. The summed E-state index contributed by atoms with van der Waals surface area (Å²) >= 11 is 0. The van der Waals surface area contributed by atoms with E-state index in [-0.39, 0.29) is 11.7 Å². The highest BCUT2D eigenvalue weighted by atomic mass is 19.1. The van der Waals surface area contributed by atoms with Crippen LogP contribution in [0.2, 0.25) is 0 Å². The Labute approximate surface area is 115 Å². The minimum absolute atomic E-state index is 0.0771. The smallest absolute Gasteiger partial charge is 0.254 e. The minimum atomic E-state index is -0.475. The Morgan fingerprint density at radius 2 is 2.35 bits per heavy atom. The zero-order valence-electron chi connectivity index (χ0n) is 11.0. The van der Waals surface area contributed by atoms with Crippen LogP contribution in [0.25, 0.3) is 0 Å². The summed E-state index contributed by atoms with van der Waals surface area (Å²) in [6, 6.07) is 4.15. The number of nitrogens with zero attached hydrogens (tertiary/aromatic N) is 2. The number of hydrogen-bond acceptors (Lipinski definition) is 3. The predicted molar refractivity (Wildman–Crippen MR) is 70.0 cm³/mol. The van der Waals surface area contributed by atoms with E-state index in [1.54, 1.807) is 11.2 Å². The first kappa shape index (κ1) is 12.7. The summed E-state index contributed by atoms with van der Waals surface area (Å²) in [5, 5.41) is 0. The number of hydrogen-bond donors (Lipinski definition) is 1. The van der Waals surface area contributed by atoms with E-state index in [1.165, 1.54) is 25.3 Å². The van der Waals surface area contributed by atoms with Crippen molar-refractivity contribution in [3.8, 4) is 5.75 Å². The number of nitrogens with one attached hydrogen (secondary N) is 1. The molecule has 5 nitrogen and oxygen atoms in total. The second-order valence-electron chi connectivity index (χ2n) is 4.65. The summed E-state index contributed by atoms with van der Waals surface area (Å²) in [6.07, 6.45) is 2.39. The molecule has 1 N–H and O–H groups in total. The number of carbonyl (C=O) groups excluding carboxylic acids is 1. The fraction of sp³-hybridized carbons (Fsp3) is 0.286. The maximum Gasteiger partial charge on any atom is 0.254 e. The normalized spacial score (nSPS) is 14.0. The Balaban J connectivity index is 1.83. The molecule has 1 aliphatic heterocycles. The molecule has 0 saturated carbocycles. The SMILES string of the molecule is COc1cc(C(=O)N2CCc3[nH]cnc3C2)ccc1F. The van der Waals surface area contributed by atoms with Gasteiger partial charge >= 0.3 is 0 Å². The molecule has 0 atom stereocenters. The van der Waals surface area contributed by atoms with E-state index in [9.17, 15) is 9.18 Å². The fourth-order valence-corrected chi connectivity index (χ4v) is 2.36. The van der Waals surface area contributed by atoms with E-state index < -0.39 is 5.82 Å². The molecule has 1 aliphatic rings. The summed E-state index contributed by atoms with van der Waals surface area (Å²) < 4.78 is 18.3. The van der Waals surface area contributed by atoms with Gasteiger partial charge in [0.15, 0.2) is 11.6 Å². The molecule has 0 saturated heterocycles. The molecule has 0 fully saturated rings. The lowest BCUT2D eigenvalue weighted by Crippen LogP contribution is -2.36. The van der Waals surface area contributed by atoms with Crippen molar-refractivity contribution in [2.45, 2.75) is 13.0 Å². The number of carbonyl (C=O) groups is 1. The van der Waals surface area contributed by atoms with Crippen LogP contribution >= 0.6 is 0 Å². The van der Waals surface area contributed by atoms with Crippen molar-refractivity contribution in [2.24, 2.45) is 0 Å². The number of imidazole rings is 1. The van der Waals surface area contributed by atoms with E-state index in [1.807, 2.05) is 0 Å². The Morgan fingerprint density at radius 3 is 3.15 bits per heavy atom. The van der Waals surface area contributed by atoms with E-state index in [0.717, 1.165) is 17.8 Å². The lowest BCUT2D eigenvalue weighted by atomic mass is 10.1. The summed E-state index contributed by atoms with van der Waals surface area (Å²) in [4.78, 5) is 21.4. The number of halogens is 1. The summed E-state index contributed by atoms with van der Waals surface area (Å²) in [7, 11) is 1.38. The Hall–Kier alpha value is -2.37. The van der Waals surface area contributed by atoms with Gasteiger partial charge in [-0.3, -0.25) is 4.79 Å². The van der Waals surface area contributed by atoms with Crippen molar-refractivity contribution >= 4 is 5.91 Å². The van der Waals surface area contributed by atoms with Gasteiger partial charge < -0.3 is 14.6 Å². The summed E-state index contributed by atoms with van der Waals surface area (Å²) in [6.45, 7) is 1.09. The molecule has 1 amide bonds. The van der Waals surface area contributed by atoms with Crippen molar-refractivity contribution in [3.63, 3.8) is 0 Å². The lowest BCUT2D eigenvalue weighted by Gasteiger charge is -2.26. The monoisotopic (exact) mass is 275 g/mol. The van der Waals surface area contributed by atoms with Crippen LogP contribution in [0.3, 0.4) is 0 Å². The largest absolute Gasteiger partial charge is 0.494 e. The zero-order valence-corrected chi connectivity index (χ0v) is 11.0. The molecule has 0 radical (unpaired) electrons. The molecule has 0 bridgehead atoms. The number of rotatable bonds is 2. The minimum Gasteiger partial charge on any atom is -0.494 e. The maximum atomic E-state index is 13.4. The first-order chi connectivity index (χ1) is 9.69. The summed E-state index contributed by atoms with van der Waals surface area (Å²) in [5.41, 5.74) is 2.38. The average Bonchev–Trinajstić information content (AvgIpc) is 2.94. The molecule has 104 valence electrons. The highest BCUT2D eigenvalue weighted by Crippen LogP contribution is 2.22. The lowest BCUT2D eigenvalue weighted by molar-refractivity contribution is 0.0731. The van der Waals surface area contributed by atoms with Gasteiger partial charge in [0.1, 0.15) is 0 Å². The van der Waals surface area contributed by atoms with Gasteiger partial charge in [0.2, 0.25) is 0 Å². The van der Waals surface area contributed by atoms with Crippen LogP contribution in [0.5, 0.6) is 5.75 Å². The molecule has 0 spiro atoms. The van der Waals surface area contributed by atoms with Crippen LogP contribution in [0, 0.1) is 5.82 Å². The van der Waals surface area contributed by atoms with Crippen LogP contribution in [0.1, 0.15) is 21.7 Å². The van der Waals surface area contributed by atoms with Crippen molar-refractivity contribution in [2.75, 3.05) is 13.7 Å². The number of H-pyrrole nitrogens is 1. The zero-order chi connectivity index (χ0) is 14.1. The molecule has 2 aromatic rings. The standard InChI is InChI=1S/C14H14FN3O2/c1-20-13-6-9(2-3-10(13)15)14(19)18-5-4-11-12(7-18)17-8-16-11/h2-3,6,8H,4-5,7H2,1H3,(H,16,17). The second-order valence-corrected chi connectivity index (χ2v) is 4.65. The van der Waals surface area contributed by atoms with Crippen molar-refractivity contribution < 1.29 is 13.9 Å². The highest BCUT2D eigenvalue weighted by Gasteiger charge is 2.23. The van der Waals surface area contributed by atoms with Gasteiger partial charge in [-0.1, -0.05) is 0 Å². The number of amides is 1. The van der Waals surface area contributed by atoms with Gasteiger partial charge in [0.05, 0.1) is 25.7 Å². The third-order valence-corrected chi connectivity index (χ3v) is 3.47. The van der Waals surface area contributed by atoms with E-state index in [0.29, 0.717) is 18.7 Å². The topological polar surface area (TPSA) is 58.2 Å². The quantitative estimate of drug-likeness (QED) is 0.908. The van der Waals surface area contributed by atoms with Gasteiger partial charge in [-0.05, 0) is 18.2 Å². The Bertz CT molecular complexity index is 654. The number of aromatic amines is 1. The van der Waals surface area contributed by atoms with Crippen LogP contribution in [0.4, 0.5) is 4.39 Å². The average molecular weight is 275 g/mol. The molecule has 3 rings (SSSR count). The third kappa shape index (κ3) is 2.13. The number of fused-ring (bicyclic) bond motifs is 1. The molecular weight excluding hydrogens is 261 g/mol. The van der Waals surface area contributed by atoms with Crippen molar-refractivity contribution in [1.82, 2.24) is 14.9 Å². The number of aromatic nitrogens is 2. The first-order valence-corrected chi connectivity index (χ1v) is 6.33. The van der Waals surface area contributed by atoms with Gasteiger partial charge in [0, 0.05) is 24.2 Å². The van der Waals surface area contributed by atoms with Gasteiger partial charge in [-0.2, -0.15) is 0 Å². The molecular formula is C14H14FN3O2. The van der Waals surface area contributed by atoms with Crippen LogP contribution in [0.15, 0.2) is 24.5 Å². The van der Waals surface area contributed by atoms with E-state index in [4.69, 9.17) is 4.74 Å². The second kappa shape index (κ2) is 4.96. The molecule has 20 heavy (non-hydrogen) atoms. The van der Waals surface area contributed by atoms with Gasteiger partial charge in [0.25, 0.3) is 5.91 Å². The third-order valence-electron chi connectivity index (χ3n) is 3.47. The van der Waals surface area contributed by atoms with Gasteiger partial charge in [-0.25, -0.2) is 9.37 Å². The van der Waals surface area contributed by atoms with Crippen molar-refractivity contribution in [1.29, 1.82) is 0 Å². The summed E-state index contributed by atoms with van der Waals surface area (Å²) in [5.74, 6) is -0.539. The number of ether oxygens (including phenoxy) is 1. The van der Waals surface area contributed by atoms with Crippen LogP contribution in [-0.2, 0) is 13.0 Å². The maximum absolute atomic E-state index is 13.4. The van der Waals surface area contributed by atoms with Gasteiger partial charge in [-0.15, -0.1) is 0 Å². The fourth-order valence-electron chi connectivity index (χ4n) is 2.36.